The van der Waals surface area contributed by atoms with Crippen LogP contribution in [0.3, 0.4) is 0 Å². The number of likely N-dealkylation sites (tertiary alicyclic amines) is 1. The van der Waals surface area contributed by atoms with E-state index in [9.17, 15) is 4.79 Å². The van der Waals surface area contributed by atoms with Gasteiger partial charge in [0.2, 0.25) is 0 Å². The van der Waals surface area contributed by atoms with Crippen molar-refractivity contribution in [1.82, 2.24) is 10.2 Å². The number of carboxylic acids is 1. The maximum Gasteiger partial charge on any atom is 0.307 e. The van der Waals surface area contributed by atoms with Gasteiger partial charge < -0.3 is 15.3 Å². The summed E-state index contributed by atoms with van der Waals surface area (Å²) in [4.78, 5) is 13.1. The zero-order valence-electron chi connectivity index (χ0n) is 10.2. The summed E-state index contributed by atoms with van der Waals surface area (Å²) in [5.74, 6) is -1.01. The van der Waals surface area contributed by atoms with Crippen molar-refractivity contribution < 1.29 is 9.90 Å². The predicted molar refractivity (Wildman–Crippen MR) is 64.6 cm³/mol. The molecule has 1 atom stereocenters. The highest BCUT2D eigenvalue weighted by Crippen LogP contribution is 2.08. The zero-order valence-corrected chi connectivity index (χ0v) is 10.2. The number of aliphatic carboxylic acids is 1. The van der Waals surface area contributed by atoms with E-state index >= 15 is 0 Å². The molecule has 1 fully saturated rings. The van der Waals surface area contributed by atoms with E-state index in [-0.39, 0.29) is 5.92 Å². The fourth-order valence-corrected chi connectivity index (χ4v) is 2.00. The SMILES string of the molecule is CC(CNCCN1CCCCCC1)C(=O)O. The van der Waals surface area contributed by atoms with Crippen LogP contribution in [0.15, 0.2) is 0 Å². The smallest absolute Gasteiger partial charge is 0.307 e. The lowest BCUT2D eigenvalue weighted by molar-refractivity contribution is -0.140. The molecule has 0 aromatic heterocycles. The number of nitrogens with one attached hydrogen (secondary N) is 1. The van der Waals surface area contributed by atoms with Crippen LogP contribution in [0.5, 0.6) is 0 Å². The highest BCUT2D eigenvalue weighted by atomic mass is 16.4. The van der Waals surface area contributed by atoms with Gasteiger partial charge in [0.05, 0.1) is 5.92 Å². The zero-order chi connectivity index (χ0) is 11.8. The Labute approximate surface area is 98.0 Å². The summed E-state index contributed by atoms with van der Waals surface area (Å²) in [5, 5.41) is 11.9. The van der Waals surface area contributed by atoms with E-state index in [4.69, 9.17) is 5.11 Å². The minimum Gasteiger partial charge on any atom is -0.481 e. The number of rotatable bonds is 6. The largest absolute Gasteiger partial charge is 0.481 e. The highest BCUT2D eigenvalue weighted by Gasteiger charge is 2.11. The molecule has 4 nitrogen and oxygen atoms in total. The lowest BCUT2D eigenvalue weighted by Crippen LogP contribution is -2.35. The summed E-state index contributed by atoms with van der Waals surface area (Å²) >= 11 is 0. The van der Waals surface area contributed by atoms with E-state index in [2.05, 4.69) is 10.2 Å². The number of nitrogens with zero attached hydrogens (tertiary/aromatic N) is 1. The fraction of sp³-hybridized carbons (Fsp3) is 0.917. The van der Waals surface area contributed by atoms with Crippen molar-refractivity contribution in [3.63, 3.8) is 0 Å². The Balaban J connectivity index is 2.03. The number of hydrogen-bond donors (Lipinski definition) is 2. The second kappa shape index (κ2) is 7.63. The molecule has 0 saturated carbocycles. The summed E-state index contributed by atoms with van der Waals surface area (Å²) in [5.41, 5.74) is 0. The van der Waals surface area contributed by atoms with Gasteiger partial charge in [0, 0.05) is 19.6 Å². The normalized spacial score (nSPS) is 20.3. The molecule has 94 valence electrons. The third-order valence-corrected chi connectivity index (χ3v) is 3.18. The van der Waals surface area contributed by atoms with Crippen LogP contribution in [0, 0.1) is 5.92 Å². The quantitative estimate of drug-likeness (QED) is 0.670. The summed E-state index contributed by atoms with van der Waals surface area (Å²) in [7, 11) is 0. The molecule has 1 saturated heterocycles. The fourth-order valence-electron chi connectivity index (χ4n) is 2.00. The Bertz CT molecular complexity index is 201. The van der Waals surface area contributed by atoms with Crippen LogP contribution >= 0.6 is 0 Å². The van der Waals surface area contributed by atoms with Crippen molar-refractivity contribution in [3.05, 3.63) is 0 Å². The van der Waals surface area contributed by atoms with Crippen LogP contribution in [-0.4, -0.2) is 48.7 Å². The average Bonchev–Trinajstić information content (AvgIpc) is 2.52. The molecule has 0 aromatic carbocycles. The van der Waals surface area contributed by atoms with Gasteiger partial charge in [0.15, 0.2) is 0 Å². The maximum absolute atomic E-state index is 10.6. The number of carbonyl (C=O) groups is 1. The Morgan fingerprint density at radius 3 is 2.50 bits per heavy atom. The van der Waals surface area contributed by atoms with Crippen LogP contribution < -0.4 is 5.32 Å². The van der Waals surface area contributed by atoms with Gasteiger partial charge in [-0.3, -0.25) is 4.79 Å². The lowest BCUT2D eigenvalue weighted by atomic mass is 10.2. The molecular weight excluding hydrogens is 204 g/mol. The van der Waals surface area contributed by atoms with Gasteiger partial charge in [-0.15, -0.1) is 0 Å². The van der Waals surface area contributed by atoms with Gasteiger partial charge in [-0.2, -0.15) is 0 Å². The Morgan fingerprint density at radius 2 is 1.94 bits per heavy atom. The van der Waals surface area contributed by atoms with Crippen molar-refractivity contribution in [3.8, 4) is 0 Å². The summed E-state index contributed by atoms with van der Waals surface area (Å²) in [6.07, 6.45) is 5.34. The molecular formula is C12H24N2O2. The molecule has 0 aliphatic carbocycles. The van der Waals surface area contributed by atoms with Gasteiger partial charge in [0.1, 0.15) is 0 Å². The van der Waals surface area contributed by atoms with Crippen LogP contribution in [0.4, 0.5) is 0 Å². The van der Waals surface area contributed by atoms with E-state index in [1.165, 1.54) is 38.8 Å². The standard InChI is InChI=1S/C12H24N2O2/c1-11(12(15)16)10-13-6-9-14-7-4-2-3-5-8-14/h11,13H,2-10H2,1H3,(H,15,16). The van der Waals surface area contributed by atoms with Crippen molar-refractivity contribution in [2.75, 3.05) is 32.7 Å². The number of hydrogen-bond acceptors (Lipinski definition) is 3. The van der Waals surface area contributed by atoms with Crippen molar-refractivity contribution in [2.24, 2.45) is 5.92 Å². The molecule has 16 heavy (non-hydrogen) atoms. The van der Waals surface area contributed by atoms with E-state index < -0.39 is 5.97 Å². The van der Waals surface area contributed by atoms with Crippen molar-refractivity contribution in [2.45, 2.75) is 32.6 Å². The summed E-state index contributed by atoms with van der Waals surface area (Å²) < 4.78 is 0. The minimum absolute atomic E-state index is 0.288. The molecule has 1 heterocycles. The van der Waals surface area contributed by atoms with Gasteiger partial charge in [0.25, 0.3) is 0 Å². The highest BCUT2D eigenvalue weighted by molar-refractivity contribution is 5.69. The molecule has 0 amide bonds. The molecule has 0 bridgehead atoms. The second-order valence-electron chi connectivity index (χ2n) is 4.70. The monoisotopic (exact) mass is 228 g/mol. The van der Waals surface area contributed by atoms with Crippen LogP contribution in [0.2, 0.25) is 0 Å². The second-order valence-corrected chi connectivity index (χ2v) is 4.70. The van der Waals surface area contributed by atoms with Crippen LogP contribution in [-0.2, 0) is 4.79 Å². The minimum atomic E-state index is -0.720. The van der Waals surface area contributed by atoms with E-state index in [0.29, 0.717) is 6.54 Å². The molecule has 4 heteroatoms. The Morgan fingerprint density at radius 1 is 1.31 bits per heavy atom. The molecule has 1 rings (SSSR count). The Kier molecular flexibility index (Phi) is 6.42. The molecule has 0 spiro atoms. The maximum atomic E-state index is 10.6. The average molecular weight is 228 g/mol. The summed E-state index contributed by atoms with van der Waals surface area (Å²) in [6.45, 7) is 6.67. The Hall–Kier alpha value is -0.610. The van der Waals surface area contributed by atoms with Gasteiger partial charge in [-0.1, -0.05) is 19.8 Å². The van der Waals surface area contributed by atoms with Gasteiger partial charge >= 0.3 is 5.97 Å². The van der Waals surface area contributed by atoms with E-state index in [0.717, 1.165) is 13.1 Å². The number of carboxylic acid groups (broad SMARTS) is 1. The van der Waals surface area contributed by atoms with E-state index in [1.807, 2.05) is 0 Å². The van der Waals surface area contributed by atoms with Gasteiger partial charge in [-0.25, -0.2) is 0 Å². The van der Waals surface area contributed by atoms with Crippen molar-refractivity contribution in [1.29, 1.82) is 0 Å². The summed E-state index contributed by atoms with van der Waals surface area (Å²) in [6, 6.07) is 0. The first-order chi connectivity index (χ1) is 7.70. The van der Waals surface area contributed by atoms with E-state index in [1.54, 1.807) is 6.92 Å². The van der Waals surface area contributed by atoms with Gasteiger partial charge in [-0.05, 0) is 25.9 Å². The van der Waals surface area contributed by atoms with Crippen molar-refractivity contribution >= 4 is 5.97 Å². The first-order valence-corrected chi connectivity index (χ1v) is 6.36. The molecule has 2 N–H and O–H groups in total. The molecule has 1 aliphatic heterocycles. The van der Waals surface area contributed by atoms with Crippen LogP contribution in [0.25, 0.3) is 0 Å². The first kappa shape index (κ1) is 13.5. The predicted octanol–water partition coefficient (Wildman–Crippen LogP) is 1.17. The molecule has 1 unspecified atom stereocenters. The molecule has 1 aliphatic rings. The topological polar surface area (TPSA) is 52.6 Å². The third kappa shape index (κ3) is 5.47. The third-order valence-electron chi connectivity index (χ3n) is 3.18. The molecule has 0 aromatic rings. The molecule has 0 radical (unpaired) electrons. The van der Waals surface area contributed by atoms with Crippen LogP contribution in [0.1, 0.15) is 32.6 Å². The first-order valence-electron chi connectivity index (χ1n) is 6.36. The lowest BCUT2D eigenvalue weighted by Gasteiger charge is -2.20.